The van der Waals surface area contributed by atoms with Crippen LogP contribution in [0.1, 0.15) is 32.1 Å². The van der Waals surface area contributed by atoms with Crippen molar-refractivity contribution in [1.82, 2.24) is 4.90 Å². The molecule has 0 aromatic carbocycles. The Bertz CT molecular complexity index is 334. The molecule has 1 amide bonds. The molecule has 1 aliphatic carbocycles. The van der Waals surface area contributed by atoms with E-state index >= 15 is 0 Å². The highest BCUT2D eigenvalue weighted by Crippen LogP contribution is 2.30. The lowest BCUT2D eigenvalue weighted by Gasteiger charge is -2.29. The number of morpholine rings is 1. The van der Waals surface area contributed by atoms with E-state index in [0.29, 0.717) is 26.3 Å². The molecule has 1 unspecified atom stereocenters. The quantitative estimate of drug-likeness (QED) is 0.851. The van der Waals surface area contributed by atoms with Crippen molar-refractivity contribution in [2.75, 3.05) is 32.9 Å². The monoisotopic (exact) mass is 285 g/mol. The first-order valence-corrected chi connectivity index (χ1v) is 7.40. The van der Waals surface area contributed by atoms with Crippen LogP contribution >= 0.6 is 0 Å². The molecule has 1 N–H and O–H groups in total. The summed E-state index contributed by atoms with van der Waals surface area (Å²) in [4.78, 5) is 24.8. The molecule has 6 heteroatoms. The number of carboxylic acids is 1. The number of hydrogen-bond acceptors (Lipinski definition) is 4. The molecule has 20 heavy (non-hydrogen) atoms. The average Bonchev–Trinajstić information content (AvgIpc) is 2.49. The molecule has 1 atom stereocenters. The van der Waals surface area contributed by atoms with E-state index < -0.39 is 18.0 Å². The van der Waals surface area contributed by atoms with E-state index in [9.17, 15) is 14.7 Å². The van der Waals surface area contributed by atoms with Crippen LogP contribution in [0.15, 0.2) is 0 Å². The fourth-order valence-corrected chi connectivity index (χ4v) is 2.94. The Morgan fingerprint density at radius 1 is 1.20 bits per heavy atom. The molecule has 1 aliphatic heterocycles. The number of amides is 1. The first-order chi connectivity index (χ1) is 9.68. The maximum Gasteiger partial charge on any atom is 0.409 e. The van der Waals surface area contributed by atoms with Gasteiger partial charge in [-0.05, 0) is 18.8 Å². The van der Waals surface area contributed by atoms with Gasteiger partial charge in [-0.2, -0.15) is 0 Å². The maximum atomic E-state index is 11.9. The molecule has 1 saturated heterocycles. The number of nitrogens with zero attached hydrogens (tertiary/aromatic N) is 1. The SMILES string of the molecule is O=C(O)C(COC(=O)N1CCOCC1)C1CCCCC1. The predicted octanol–water partition coefficient (Wildman–Crippen LogP) is 1.74. The molecule has 0 spiro atoms. The molecule has 2 rings (SSSR count). The molecule has 6 nitrogen and oxygen atoms in total. The summed E-state index contributed by atoms with van der Waals surface area (Å²) in [6.45, 7) is 2.04. The zero-order chi connectivity index (χ0) is 14.4. The van der Waals surface area contributed by atoms with Gasteiger partial charge in [-0.3, -0.25) is 4.79 Å². The number of rotatable bonds is 4. The fourth-order valence-electron chi connectivity index (χ4n) is 2.94. The molecular formula is C14H23NO5. The highest BCUT2D eigenvalue weighted by atomic mass is 16.6. The highest BCUT2D eigenvalue weighted by molar-refractivity contribution is 5.72. The minimum Gasteiger partial charge on any atom is -0.481 e. The van der Waals surface area contributed by atoms with Crippen LogP contribution in [0.3, 0.4) is 0 Å². The van der Waals surface area contributed by atoms with Gasteiger partial charge in [-0.25, -0.2) is 4.79 Å². The van der Waals surface area contributed by atoms with E-state index in [1.54, 1.807) is 4.90 Å². The fraction of sp³-hybridized carbons (Fsp3) is 0.857. The molecule has 0 radical (unpaired) electrons. The van der Waals surface area contributed by atoms with Crippen molar-refractivity contribution in [2.45, 2.75) is 32.1 Å². The molecule has 1 heterocycles. The summed E-state index contributed by atoms with van der Waals surface area (Å²) in [6, 6.07) is 0. The van der Waals surface area contributed by atoms with Gasteiger partial charge in [0.05, 0.1) is 19.1 Å². The molecule has 2 fully saturated rings. The van der Waals surface area contributed by atoms with Gasteiger partial charge < -0.3 is 19.5 Å². The lowest BCUT2D eigenvalue weighted by Crippen LogP contribution is -2.42. The van der Waals surface area contributed by atoms with Gasteiger partial charge in [0, 0.05) is 13.1 Å². The van der Waals surface area contributed by atoms with Crippen LogP contribution < -0.4 is 0 Å². The zero-order valence-electron chi connectivity index (χ0n) is 11.8. The summed E-state index contributed by atoms with van der Waals surface area (Å²) in [6.07, 6.45) is 4.75. The Hall–Kier alpha value is -1.30. The van der Waals surface area contributed by atoms with Crippen LogP contribution in [0.5, 0.6) is 0 Å². The van der Waals surface area contributed by atoms with Crippen molar-refractivity contribution in [2.24, 2.45) is 11.8 Å². The average molecular weight is 285 g/mol. The predicted molar refractivity (Wildman–Crippen MR) is 71.4 cm³/mol. The number of hydrogen-bond donors (Lipinski definition) is 1. The summed E-state index contributed by atoms with van der Waals surface area (Å²) in [5.74, 6) is -1.29. The van der Waals surface area contributed by atoms with Crippen LogP contribution in [0, 0.1) is 11.8 Å². The van der Waals surface area contributed by atoms with Gasteiger partial charge in [0.1, 0.15) is 6.61 Å². The second kappa shape index (κ2) is 7.47. The lowest BCUT2D eigenvalue weighted by molar-refractivity contribution is -0.146. The Morgan fingerprint density at radius 3 is 2.45 bits per heavy atom. The second-order valence-corrected chi connectivity index (χ2v) is 5.52. The van der Waals surface area contributed by atoms with Gasteiger partial charge in [0.2, 0.25) is 0 Å². The van der Waals surface area contributed by atoms with E-state index in [1.807, 2.05) is 0 Å². The van der Waals surface area contributed by atoms with Crippen LogP contribution in [0.2, 0.25) is 0 Å². The van der Waals surface area contributed by atoms with Gasteiger partial charge in [0.15, 0.2) is 0 Å². The number of aliphatic carboxylic acids is 1. The van der Waals surface area contributed by atoms with Gasteiger partial charge in [-0.15, -0.1) is 0 Å². The maximum absolute atomic E-state index is 11.9. The van der Waals surface area contributed by atoms with Crippen molar-refractivity contribution in [3.05, 3.63) is 0 Å². The summed E-state index contributed by atoms with van der Waals surface area (Å²) in [5, 5.41) is 9.32. The van der Waals surface area contributed by atoms with E-state index in [-0.39, 0.29) is 12.5 Å². The molecule has 114 valence electrons. The van der Waals surface area contributed by atoms with Gasteiger partial charge >= 0.3 is 12.1 Å². The van der Waals surface area contributed by atoms with Crippen LogP contribution in [-0.2, 0) is 14.3 Å². The largest absolute Gasteiger partial charge is 0.481 e. The molecule has 2 aliphatic rings. The first-order valence-electron chi connectivity index (χ1n) is 7.40. The third kappa shape index (κ3) is 4.10. The standard InChI is InChI=1S/C14H23NO5/c16-13(17)12(11-4-2-1-3-5-11)10-20-14(18)15-6-8-19-9-7-15/h11-12H,1-10H2,(H,16,17). The van der Waals surface area contributed by atoms with E-state index in [2.05, 4.69) is 0 Å². The molecule has 0 bridgehead atoms. The molecule has 1 saturated carbocycles. The van der Waals surface area contributed by atoms with E-state index in [0.717, 1.165) is 25.7 Å². The van der Waals surface area contributed by atoms with Crippen molar-refractivity contribution in [3.63, 3.8) is 0 Å². The van der Waals surface area contributed by atoms with Crippen LogP contribution in [0.25, 0.3) is 0 Å². The number of carbonyl (C=O) groups is 2. The normalized spacial score (nSPS) is 22.3. The first kappa shape index (κ1) is 15.1. The third-order valence-electron chi connectivity index (χ3n) is 4.19. The summed E-state index contributed by atoms with van der Waals surface area (Å²) < 4.78 is 10.4. The van der Waals surface area contributed by atoms with E-state index in [1.165, 1.54) is 6.42 Å². The Morgan fingerprint density at radius 2 is 1.85 bits per heavy atom. The molecule has 0 aromatic heterocycles. The van der Waals surface area contributed by atoms with Crippen LogP contribution in [0.4, 0.5) is 4.79 Å². The minimum atomic E-state index is -0.855. The zero-order valence-corrected chi connectivity index (χ0v) is 11.8. The van der Waals surface area contributed by atoms with Crippen LogP contribution in [-0.4, -0.2) is 55.0 Å². The lowest BCUT2D eigenvalue weighted by atomic mass is 9.80. The van der Waals surface area contributed by atoms with Crippen molar-refractivity contribution in [3.8, 4) is 0 Å². The van der Waals surface area contributed by atoms with E-state index in [4.69, 9.17) is 9.47 Å². The smallest absolute Gasteiger partial charge is 0.409 e. The summed E-state index contributed by atoms with van der Waals surface area (Å²) in [7, 11) is 0. The van der Waals surface area contributed by atoms with Gasteiger partial charge in [-0.1, -0.05) is 19.3 Å². The number of carboxylic acid groups (broad SMARTS) is 1. The molecule has 0 aromatic rings. The molecular weight excluding hydrogens is 262 g/mol. The summed E-state index contributed by atoms with van der Waals surface area (Å²) >= 11 is 0. The Balaban J connectivity index is 1.81. The summed E-state index contributed by atoms with van der Waals surface area (Å²) in [5.41, 5.74) is 0. The highest BCUT2D eigenvalue weighted by Gasteiger charge is 2.31. The Kier molecular flexibility index (Phi) is 5.64. The van der Waals surface area contributed by atoms with Crippen molar-refractivity contribution >= 4 is 12.1 Å². The topological polar surface area (TPSA) is 76.1 Å². The number of ether oxygens (including phenoxy) is 2. The van der Waals surface area contributed by atoms with Crippen molar-refractivity contribution < 1.29 is 24.2 Å². The second-order valence-electron chi connectivity index (χ2n) is 5.52. The number of carbonyl (C=O) groups excluding carboxylic acids is 1. The van der Waals surface area contributed by atoms with Gasteiger partial charge in [0.25, 0.3) is 0 Å². The minimum absolute atomic E-state index is 0.0177. The Labute approximate surface area is 119 Å². The van der Waals surface area contributed by atoms with Crippen molar-refractivity contribution in [1.29, 1.82) is 0 Å². The third-order valence-corrected chi connectivity index (χ3v) is 4.19.